The van der Waals surface area contributed by atoms with Crippen molar-refractivity contribution in [1.29, 1.82) is 0 Å². The monoisotopic (exact) mass is 354 g/mol. The first-order valence-corrected chi connectivity index (χ1v) is 8.33. The summed E-state index contributed by atoms with van der Waals surface area (Å²) >= 11 is 0. The predicted octanol–water partition coefficient (Wildman–Crippen LogP) is 1.23. The molecular formula is C18H19BN2O5. The van der Waals surface area contributed by atoms with Crippen LogP contribution in [0.1, 0.15) is 33.6 Å². The molecule has 1 aliphatic rings. The first kappa shape index (κ1) is 18.1. The maximum absolute atomic E-state index is 12.4. The maximum Gasteiger partial charge on any atom is 0.526 e. The molecule has 2 heterocycles. The Balaban J connectivity index is 1.67. The number of carbonyl (C=O) groups is 2. The Morgan fingerprint density at radius 1 is 1.31 bits per heavy atom. The fraction of sp³-hybridized carbons (Fsp3) is 0.278. The molecule has 4 N–H and O–H groups in total. The Labute approximate surface area is 151 Å². The normalized spacial score (nSPS) is 15.9. The minimum Gasteiger partial charge on any atom is -0.535 e. The summed E-state index contributed by atoms with van der Waals surface area (Å²) < 4.78 is 5.41. The number of nitrogens with zero attached hydrogens (tertiary/aromatic N) is 1. The lowest BCUT2D eigenvalue weighted by Gasteiger charge is -2.28. The van der Waals surface area contributed by atoms with Crippen LogP contribution in [0.5, 0.6) is 5.75 Å². The summed E-state index contributed by atoms with van der Waals surface area (Å²) in [4.78, 5) is 27.8. The minimum absolute atomic E-state index is 0.0115. The number of hydrogen-bond acceptors (Lipinski definition) is 6. The predicted molar refractivity (Wildman–Crippen MR) is 94.9 cm³/mol. The van der Waals surface area contributed by atoms with Crippen LogP contribution < -0.4 is 10.4 Å². The van der Waals surface area contributed by atoms with Crippen molar-refractivity contribution in [3.63, 3.8) is 0 Å². The van der Waals surface area contributed by atoms with Gasteiger partial charge in [0.1, 0.15) is 11.5 Å². The van der Waals surface area contributed by atoms with Gasteiger partial charge in [-0.1, -0.05) is 18.2 Å². The van der Waals surface area contributed by atoms with Gasteiger partial charge in [0.05, 0.1) is 11.3 Å². The molecule has 8 heteroatoms. The Morgan fingerprint density at radius 3 is 2.77 bits per heavy atom. The Kier molecular flexibility index (Phi) is 5.34. The molecule has 0 saturated heterocycles. The second-order valence-electron chi connectivity index (χ2n) is 6.35. The second kappa shape index (κ2) is 7.67. The van der Waals surface area contributed by atoms with E-state index in [1.807, 2.05) is 6.07 Å². The molecule has 1 aliphatic heterocycles. The van der Waals surface area contributed by atoms with Crippen LogP contribution in [0.2, 0.25) is 5.82 Å². The topological polar surface area (TPSA) is 123 Å². The van der Waals surface area contributed by atoms with E-state index in [9.17, 15) is 19.7 Å². The summed E-state index contributed by atoms with van der Waals surface area (Å²) in [7, 11) is -1.22. The molecule has 1 unspecified atom stereocenters. The number of hydrogen-bond donors (Lipinski definition) is 3. The molecular weight excluding hydrogens is 335 g/mol. The number of carbonyl (C=O) groups excluding carboxylic acids is 1. The highest BCUT2D eigenvalue weighted by atomic mass is 16.5. The van der Waals surface area contributed by atoms with Crippen LogP contribution in [0.25, 0.3) is 0 Å². The minimum atomic E-state index is -1.22. The maximum atomic E-state index is 12.4. The van der Waals surface area contributed by atoms with Crippen molar-refractivity contribution in [2.75, 3.05) is 0 Å². The molecule has 0 amide bonds. The largest absolute Gasteiger partial charge is 0.535 e. The van der Waals surface area contributed by atoms with Crippen molar-refractivity contribution in [3.05, 3.63) is 58.9 Å². The molecule has 3 rings (SSSR count). The fourth-order valence-electron chi connectivity index (χ4n) is 3.10. The van der Waals surface area contributed by atoms with Crippen LogP contribution in [-0.2, 0) is 24.2 Å². The van der Waals surface area contributed by atoms with Gasteiger partial charge in [-0.2, -0.15) is 0 Å². The van der Waals surface area contributed by atoms with Gasteiger partial charge < -0.3 is 20.5 Å². The zero-order valence-electron chi connectivity index (χ0n) is 14.1. The Hall–Kier alpha value is -2.71. The molecule has 1 aromatic heterocycles. The summed E-state index contributed by atoms with van der Waals surface area (Å²) in [6.45, 7) is 0.345. The number of benzene rings is 1. The summed E-state index contributed by atoms with van der Waals surface area (Å²) in [5.41, 5.74) is 7.73. The molecule has 0 radical (unpaired) electrons. The lowest BCUT2D eigenvalue weighted by Crippen LogP contribution is -2.36. The summed E-state index contributed by atoms with van der Waals surface area (Å²) in [6, 6.07) is 8.41. The first-order chi connectivity index (χ1) is 12.5. The number of pyridine rings is 1. The van der Waals surface area contributed by atoms with Crippen LogP contribution in [0.4, 0.5) is 0 Å². The molecule has 1 aromatic carbocycles. The van der Waals surface area contributed by atoms with Gasteiger partial charge in [-0.3, -0.25) is 9.78 Å². The van der Waals surface area contributed by atoms with E-state index < -0.39 is 18.9 Å². The molecule has 26 heavy (non-hydrogen) atoms. The van der Waals surface area contributed by atoms with Crippen LogP contribution in [0.3, 0.4) is 0 Å². The van der Waals surface area contributed by atoms with Gasteiger partial charge in [0.2, 0.25) is 0 Å². The second-order valence-corrected chi connectivity index (χ2v) is 6.35. The number of fused-ring (bicyclic) bond motifs is 1. The van der Waals surface area contributed by atoms with Gasteiger partial charge in [0.15, 0.2) is 0 Å². The fourth-order valence-corrected chi connectivity index (χ4v) is 3.10. The van der Waals surface area contributed by atoms with Gasteiger partial charge in [-0.05, 0) is 29.7 Å². The third-order valence-electron chi connectivity index (χ3n) is 4.44. The Bertz CT molecular complexity index is 825. The molecule has 0 fully saturated rings. The van der Waals surface area contributed by atoms with Gasteiger partial charge in [-0.25, -0.2) is 4.79 Å². The van der Waals surface area contributed by atoms with Crippen LogP contribution in [0, 0.1) is 0 Å². The average molecular weight is 354 g/mol. The standard InChI is InChI=1S/C18H19BN2O5/c20-9-14-5-4-11(10-21-14)6-15(22)8-13-7-12-2-1-3-16(18(23)24)17(12)26-19(13)25/h1-5,10,13,25H,6-9,20H2,(H,23,24). The molecule has 2 aromatic rings. The molecule has 0 spiro atoms. The van der Waals surface area contributed by atoms with Crippen molar-refractivity contribution in [2.24, 2.45) is 5.73 Å². The number of aromatic nitrogens is 1. The molecule has 0 aliphatic carbocycles. The highest BCUT2D eigenvalue weighted by Crippen LogP contribution is 2.36. The summed E-state index contributed by atoms with van der Waals surface area (Å²) in [5.74, 6) is -1.40. The zero-order valence-corrected chi connectivity index (χ0v) is 14.1. The van der Waals surface area contributed by atoms with Crippen molar-refractivity contribution >= 4 is 18.9 Å². The Morgan fingerprint density at radius 2 is 2.12 bits per heavy atom. The molecule has 7 nitrogen and oxygen atoms in total. The van der Waals surface area contributed by atoms with E-state index in [4.69, 9.17) is 10.4 Å². The molecule has 134 valence electrons. The van der Waals surface area contributed by atoms with Crippen LogP contribution in [-0.4, -0.2) is 34.0 Å². The van der Waals surface area contributed by atoms with Crippen molar-refractivity contribution in [2.45, 2.75) is 31.6 Å². The number of ketones is 1. The van der Waals surface area contributed by atoms with E-state index in [0.29, 0.717) is 18.5 Å². The number of para-hydroxylation sites is 1. The number of nitrogens with two attached hydrogens (primary N) is 1. The third-order valence-corrected chi connectivity index (χ3v) is 4.44. The van der Waals surface area contributed by atoms with E-state index in [0.717, 1.165) is 11.3 Å². The average Bonchev–Trinajstić information content (AvgIpc) is 2.62. The third kappa shape index (κ3) is 3.92. The van der Waals surface area contributed by atoms with Gasteiger partial charge >= 0.3 is 13.1 Å². The summed E-state index contributed by atoms with van der Waals surface area (Å²) in [6.07, 6.45) is 2.36. The van der Waals surface area contributed by atoms with Crippen molar-refractivity contribution in [1.82, 2.24) is 4.98 Å². The van der Waals surface area contributed by atoms with E-state index >= 15 is 0 Å². The molecule has 0 saturated carbocycles. The number of aromatic carboxylic acids is 1. The first-order valence-electron chi connectivity index (χ1n) is 8.33. The smallest absolute Gasteiger partial charge is 0.526 e. The van der Waals surface area contributed by atoms with Crippen LogP contribution in [0.15, 0.2) is 36.5 Å². The summed E-state index contributed by atoms with van der Waals surface area (Å²) in [5, 5.41) is 19.4. The molecule has 0 bridgehead atoms. The van der Waals surface area contributed by atoms with E-state index in [-0.39, 0.29) is 29.9 Å². The quantitative estimate of drug-likeness (QED) is 0.667. The lowest BCUT2D eigenvalue weighted by molar-refractivity contribution is -0.118. The number of rotatable bonds is 6. The van der Waals surface area contributed by atoms with E-state index in [1.54, 1.807) is 24.4 Å². The number of carboxylic acids is 1. The lowest BCUT2D eigenvalue weighted by atomic mass is 9.64. The number of Topliss-reactive ketones (excluding diaryl/α,β-unsaturated/α-hetero) is 1. The van der Waals surface area contributed by atoms with Crippen molar-refractivity contribution < 1.29 is 24.4 Å². The van der Waals surface area contributed by atoms with Gasteiger partial charge in [-0.15, -0.1) is 0 Å². The highest BCUT2D eigenvalue weighted by Gasteiger charge is 2.37. The number of carboxylic acid groups (broad SMARTS) is 1. The van der Waals surface area contributed by atoms with E-state index in [2.05, 4.69) is 4.98 Å². The molecule has 1 atom stereocenters. The van der Waals surface area contributed by atoms with Gasteiger partial charge in [0.25, 0.3) is 0 Å². The van der Waals surface area contributed by atoms with Crippen molar-refractivity contribution in [3.8, 4) is 5.75 Å². The zero-order chi connectivity index (χ0) is 18.7. The van der Waals surface area contributed by atoms with Gasteiger partial charge in [0, 0.05) is 31.4 Å². The van der Waals surface area contributed by atoms with E-state index in [1.165, 1.54) is 6.07 Å². The van der Waals surface area contributed by atoms with Crippen LogP contribution >= 0.6 is 0 Å². The highest BCUT2D eigenvalue weighted by molar-refractivity contribution is 6.47. The SMILES string of the molecule is NCc1ccc(CC(=O)CC2Cc3cccc(C(=O)O)c3OB2O)cn1.